The molecule has 0 aromatic rings. The van der Waals surface area contributed by atoms with Crippen LogP contribution >= 0.6 is 0 Å². The molecule has 0 saturated carbocycles. The number of rotatable bonds is 4. The summed E-state index contributed by atoms with van der Waals surface area (Å²) in [6.07, 6.45) is 3.17. The third-order valence-electron chi connectivity index (χ3n) is 2.57. The van der Waals surface area contributed by atoms with E-state index in [-0.39, 0.29) is 18.1 Å². The molecule has 0 aliphatic heterocycles. The summed E-state index contributed by atoms with van der Waals surface area (Å²) in [5, 5.41) is 0. The van der Waals surface area contributed by atoms with E-state index in [9.17, 15) is 0 Å². The summed E-state index contributed by atoms with van der Waals surface area (Å²) in [6, 6.07) is -0.0606. The van der Waals surface area contributed by atoms with Crippen molar-refractivity contribution < 1.29 is 0 Å². The molecule has 6 N–H and O–H groups in total. The Hall–Kier alpha value is -0.380. The maximum absolute atomic E-state index is 5.88. The van der Waals surface area contributed by atoms with Gasteiger partial charge in [0.25, 0.3) is 0 Å². The molecule has 0 saturated heterocycles. The van der Waals surface area contributed by atoms with Crippen molar-refractivity contribution in [2.24, 2.45) is 23.1 Å². The molecule has 4 atom stereocenters. The van der Waals surface area contributed by atoms with Crippen molar-refractivity contribution >= 4 is 0 Å². The van der Waals surface area contributed by atoms with Crippen molar-refractivity contribution in [3.63, 3.8) is 0 Å². The Morgan fingerprint density at radius 3 is 2.25 bits per heavy atom. The number of hydrogen-bond donors (Lipinski definition) is 3. The third-order valence-corrected chi connectivity index (χ3v) is 2.57. The van der Waals surface area contributed by atoms with Gasteiger partial charge in [-0.1, -0.05) is 11.6 Å². The van der Waals surface area contributed by atoms with Gasteiger partial charge in [0.05, 0.1) is 0 Å². The highest BCUT2D eigenvalue weighted by Crippen LogP contribution is 2.32. The van der Waals surface area contributed by atoms with Crippen molar-refractivity contribution in [3.8, 4) is 0 Å². The van der Waals surface area contributed by atoms with E-state index in [0.29, 0.717) is 5.92 Å². The Kier molecular flexibility index (Phi) is 2.88. The van der Waals surface area contributed by atoms with Gasteiger partial charge in [0.1, 0.15) is 0 Å². The Bertz CT molecular complexity index is 186. The van der Waals surface area contributed by atoms with Crippen LogP contribution in [0.25, 0.3) is 0 Å². The van der Waals surface area contributed by atoms with Crippen LogP contribution < -0.4 is 17.2 Å². The van der Waals surface area contributed by atoms with E-state index in [0.717, 1.165) is 6.42 Å². The minimum absolute atomic E-state index is 0.0148. The fraction of sp³-hybridized carbons (Fsp3) is 0.778. The Morgan fingerprint density at radius 1 is 1.42 bits per heavy atom. The lowest BCUT2D eigenvalue weighted by atomic mass is 9.97. The molecule has 4 unspecified atom stereocenters. The highest BCUT2D eigenvalue weighted by atomic mass is 14.8. The maximum Gasteiger partial charge on any atom is 0.0343 e. The molecule has 70 valence electrons. The van der Waals surface area contributed by atoms with E-state index in [1.807, 2.05) is 6.92 Å². The molecule has 0 spiro atoms. The van der Waals surface area contributed by atoms with Crippen LogP contribution in [0.1, 0.15) is 20.3 Å². The zero-order chi connectivity index (χ0) is 9.30. The standard InChI is InChI=1S/C9H19N3/c1-5-3-7(5)4-8(11)9(12)6(2)10/h3,6-9H,4,10-12H2,1-2H3. The summed E-state index contributed by atoms with van der Waals surface area (Å²) in [6.45, 7) is 4.02. The first-order valence-electron chi connectivity index (χ1n) is 4.47. The predicted molar refractivity (Wildman–Crippen MR) is 51.5 cm³/mol. The molecule has 0 aromatic carbocycles. The fourth-order valence-electron chi connectivity index (χ4n) is 1.36. The fourth-order valence-corrected chi connectivity index (χ4v) is 1.36. The zero-order valence-electron chi connectivity index (χ0n) is 7.83. The van der Waals surface area contributed by atoms with Crippen LogP contribution in [-0.4, -0.2) is 18.1 Å². The second-order valence-electron chi connectivity index (χ2n) is 3.85. The molecular formula is C9H19N3. The minimum atomic E-state index is -0.0770. The van der Waals surface area contributed by atoms with E-state index < -0.39 is 0 Å². The SMILES string of the molecule is CC1=CC1CC(N)C(N)C(C)N. The van der Waals surface area contributed by atoms with E-state index in [1.165, 1.54) is 5.57 Å². The average molecular weight is 169 g/mol. The minimum Gasteiger partial charge on any atom is -0.326 e. The first kappa shape index (κ1) is 9.71. The van der Waals surface area contributed by atoms with Gasteiger partial charge >= 0.3 is 0 Å². The van der Waals surface area contributed by atoms with Gasteiger partial charge in [0.2, 0.25) is 0 Å². The molecule has 0 aromatic heterocycles. The van der Waals surface area contributed by atoms with Crippen molar-refractivity contribution in [2.45, 2.75) is 38.4 Å². The van der Waals surface area contributed by atoms with E-state index >= 15 is 0 Å². The van der Waals surface area contributed by atoms with E-state index in [4.69, 9.17) is 17.2 Å². The van der Waals surface area contributed by atoms with Crippen molar-refractivity contribution in [2.75, 3.05) is 0 Å². The van der Waals surface area contributed by atoms with Gasteiger partial charge in [-0.05, 0) is 26.2 Å². The molecular weight excluding hydrogens is 150 g/mol. The topological polar surface area (TPSA) is 78.1 Å². The molecule has 0 radical (unpaired) electrons. The predicted octanol–water partition coefficient (Wildman–Crippen LogP) is -0.0456. The highest BCUT2D eigenvalue weighted by molar-refractivity contribution is 5.27. The summed E-state index contributed by atoms with van der Waals surface area (Å²) in [7, 11) is 0. The Balaban J connectivity index is 2.23. The summed E-state index contributed by atoms with van der Waals surface area (Å²) < 4.78 is 0. The molecule has 0 bridgehead atoms. The van der Waals surface area contributed by atoms with E-state index in [1.54, 1.807) is 0 Å². The first-order chi connectivity index (χ1) is 5.52. The van der Waals surface area contributed by atoms with Crippen LogP contribution in [0.15, 0.2) is 11.6 Å². The molecule has 0 amide bonds. The van der Waals surface area contributed by atoms with Gasteiger partial charge in [0.15, 0.2) is 0 Å². The van der Waals surface area contributed by atoms with Crippen molar-refractivity contribution in [1.29, 1.82) is 0 Å². The molecule has 1 aliphatic carbocycles. The first-order valence-corrected chi connectivity index (χ1v) is 4.47. The largest absolute Gasteiger partial charge is 0.326 e. The van der Waals surface area contributed by atoms with Gasteiger partial charge in [-0.15, -0.1) is 0 Å². The summed E-state index contributed by atoms with van der Waals surface area (Å²) in [5.74, 6) is 0.602. The van der Waals surface area contributed by atoms with Crippen LogP contribution in [0, 0.1) is 5.92 Å². The van der Waals surface area contributed by atoms with Gasteiger partial charge in [-0.25, -0.2) is 0 Å². The number of nitrogens with two attached hydrogens (primary N) is 3. The van der Waals surface area contributed by atoms with Crippen LogP contribution in [0.4, 0.5) is 0 Å². The van der Waals surface area contributed by atoms with Crippen molar-refractivity contribution in [1.82, 2.24) is 0 Å². The lowest BCUT2D eigenvalue weighted by molar-refractivity contribution is 0.431. The van der Waals surface area contributed by atoms with Crippen LogP contribution in [0.2, 0.25) is 0 Å². The van der Waals surface area contributed by atoms with Gasteiger partial charge in [0, 0.05) is 18.1 Å². The van der Waals surface area contributed by atoms with E-state index in [2.05, 4.69) is 13.0 Å². The molecule has 0 heterocycles. The molecule has 1 rings (SSSR count). The van der Waals surface area contributed by atoms with Gasteiger partial charge in [-0.3, -0.25) is 0 Å². The monoisotopic (exact) mass is 169 g/mol. The van der Waals surface area contributed by atoms with Crippen LogP contribution in [0.3, 0.4) is 0 Å². The molecule has 3 nitrogen and oxygen atoms in total. The summed E-state index contributed by atoms with van der Waals surface area (Å²) in [4.78, 5) is 0. The molecule has 1 aliphatic rings. The lowest BCUT2D eigenvalue weighted by Gasteiger charge is -2.23. The van der Waals surface area contributed by atoms with Crippen LogP contribution in [-0.2, 0) is 0 Å². The summed E-state index contributed by atoms with van der Waals surface area (Å²) in [5.41, 5.74) is 18.8. The van der Waals surface area contributed by atoms with Crippen molar-refractivity contribution in [3.05, 3.63) is 11.6 Å². The third kappa shape index (κ3) is 2.30. The normalized spacial score (nSPS) is 29.1. The second kappa shape index (κ2) is 3.56. The molecule has 12 heavy (non-hydrogen) atoms. The number of allylic oxidation sites excluding steroid dienone is 2. The summed E-state index contributed by atoms with van der Waals surface area (Å²) >= 11 is 0. The van der Waals surface area contributed by atoms with Gasteiger partial charge in [-0.2, -0.15) is 0 Å². The Morgan fingerprint density at radius 2 is 1.92 bits per heavy atom. The van der Waals surface area contributed by atoms with Crippen LogP contribution in [0.5, 0.6) is 0 Å². The molecule has 0 fully saturated rings. The maximum atomic E-state index is 5.88. The Labute approximate surface area is 74.0 Å². The number of hydrogen-bond acceptors (Lipinski definition) is 3. The van der Waals surface area contributed by atoms with Gasteiger partial charge < -0.3 is 17.2 Å². The smallest absolute Gasteiger partial charge is 0.0343 e. The highest BCUT2D eigenvalue weighted by Gasteiger charge is 2.26. The second-order valence-corrected chi connectivity index (χ2v) is 3.85. The quantitative estimate of drug-likeness (QED) is 0.516. The lowest BCUT2D eigenvalue weighted by Crippen LogP contribution is -2.51. The molecule has 3 heteroatoms. The zero-order valence-corrected chi connectivity index (χ0v) is 7.83. The average Bonchev–Trinajstić information content (AvgIpc) is 2.64.